The lowest BCUT2D eigenvalue weighted by atomic mass is 10.0. The maximum Gasteiger partial charge on any atom is 0.220 e. The van der Waals surface area contributed by atoms with E-state index < -0.39 is 12.1 Å². The molecule has 264 valence electrons. The number of aliphatic hydroxyl groups is 2. The number of carbonyl (C=O) groups is 1. The molecule has 0 aliphatic heterocycles. The van der Waals surface area contributed by atoms with E-state index in [9.17, 15) is 15.0 Å². The van der Waals surface area contributed by atoms with Gasteiger partial charge in [0.2, 0.25) is 5.91 Å². The van der Waals surface area contributed by atoms with Gasteiger partial charge in [0.1, 0.15) is 0 Å². The molecule has 1 amide bonds. The van der Waals surface area contributed by atoms with Gasteiger partial charge in [-0.3, -0.25) is 4.79 Å². The molecule has 0 aromatic heterocycles. The summed E-state index contributed by atoms with van der Waals surface area (Å²) in [7, 11) is 0. The lowest BCUT2D eigenvalue weighted by molar-refractivity contribution is -0.123. The Kier molecular flexibility index (Phi) is 35.9. The quantitative estimate of drug-likeness (QED) is 0.0370. The molecule has 0 aromatic carbocycles. The first-order chi connectivity index (χ1) is 22.2. The van der Waals surface area contributed by atoms with Crippen molar-refractivity contribution in [2.45, 2.75) is 212 Å². The Morgan fingerprint density at radius 1 is 0.533 bits per heavy atom. The van der Waals surface area contributed by atoms with Crippen molar-refractivity contribution in [3.63, 3.8) is 0 Å². The van der Waals surface area contributed by atoms with E-state index in [0.29, 0.717) is 6.42 Å². The molecule has 0 saturated carbocycles. The minimum Gasteiger partial charge on any atom is -0.394 e. The minimum absolute atomic E-state index is 0.0833. The smallest absolute Gasteiger partial charge is 0.220 e. The maximum atomic E-state index is 12.3. The molecule has 0 unspecified atom stereocenters. The van der Waals surface area contributed by atoms with Crippen molar-refractivity contribution in [1.29, 1.82) is 0 Å². The highest BCUT2D eigenvalue weighted by atomic mass is 16.3. The van der Waals surface area contributed by atoms with E-state index in [1.165, 1.54) is 161 Å². The highest BCUT2D eigenvalue weighted by molar-refractivity contribution is 5.76. The maximum absolute atomic E-state index is 12.3. The average molecular weight is 632 g/mol. The lowest BCUT2D eigenvalue weighted by Crippen LogP contribution is -2.45. The van der Waals surface area contributed by atoms with E-state index in [1.807, 2.05) is 12.2 Å². The van der Waals surface area contributed by atoms with E-state index in [4.69, 9.17) is 0 Å². The second-order valence-corrected chi connectivity index (χ2v) is 13.4. The fourth-order valence-corrected chi connectivity index (χ4v) is 5.82. The van der Waals surface area contributed by atoms with Crippen molar-refractivity contribution in [3.05, 3.63) is 36.5 Å². The van der Waals surface area contributed by atoms with Gasteiger partial charge in [0.25, 0.3) is 0 Å². The average Bonchev–Trinajstić information content (AvgIpc) is 3.04. The second kappa shape index (κ2) is 37.1. The van der Waals surface area contributed by atoms with Crippen LogP contribution in [0.15, 0.2) is 36.5 Å². The molecule has 0 spiro atoms. The third-order valence-electron chi connectivity index (χ3n) is 8.90. The SMILES string of the molecule is CCCCCCCC/C=C/C=C/[C@@H](O)[C@H](CO)NC(=O)CCCCCCCCCCCCCCC/C=C/CCCCCCCC. The Balaban J connectivity index is 3.54. The molecule has 0 radical (unpaired) electrons. The van der Waals surface area contributed by atoms with Crippen LogP contribution in [0.5, 0.6) is 0 Å². The van der Waals surface area contributed by atoms with Crippen molar-refractivity contribution in [2.24, 2.45) is 0 Å². The van der Waals surface area contributed by atoms with Crippen LogP contribution < -0.4 is 5.32 Å². The first kappa shape index (κ1) is 43.6. The van der Waals surface area contributed by atoms with Crippen LogP contribution in [0.1, 0.15) is 200 Å². The Labute approximate surface area is 281 Å². The van der Waals surface area contributed by atoms with Crippen LogP contribution >= 0.6 is 0 Å². The summed E-state index contributed by atoms with van der Waals surface area (Å²) in [6.07, 6.45) is 48.2. The van der Waals surface area contributed by atoms with Crippen molar-refractivity contribution in [2.75, 3.05) is 6.61 Å². The zero-order chi connectivity index (χ0) is 32.9. The zero-order valence-corrected chi connectivity index (χ0v) is 30.1. The summed E-state index contributed by atoms with van der Waals surface area (Å²) in [6, 6.07) is -0.651. The first-order valence-electron chi connectivity index (χ1n) is 19.7. The summed E-state index contributed by atoms with van der Waals surface area (Å²) in [5.41, 5.74) is 0. The van der Waals surface area contributed by atoms with Crippen molar-refractivity contribution >= 4 is 5.91 Å². The Hall–Kier alpha value is -1.39. The third kappa shape index (κ3) is 33.8. The standard InChI is InChI=1S/C41H77NO3/c1-3-5-7-9-11-13-15-16-17-18-19-20-21-22-23-24-25-26-27-29-31-33-35-37-41(45)42-39(38-43)40(44)36-34-32-30-28-14-12-10-8-6-4-2/h16-17,30,32,34,36,39-40,43-44H,3-15,18-29,31,33,35,37-38H2,1-2H3,(H,42,45)/b17-16+,32-30+,36-34+/t39-,40+/m0/s1. The van der Waals surface area contributed by atoms with Gasteiger partial charge < -0.3 is 15.5 Å². The van der Waals surface area contributed by atoms with Gasteiger partial charge in [0.15, 0.2) is 0 Å². The summed E-state index contributed by atoms with van der Waals surface area (Å²) in [5, 5.41) is 22.8. The molecular formula is C41H77NO3. The largest absolute Gasteiger partial charge is 0.394 e. The van der Waals surface area contributed by atoms with E-state index >= 15 is 0 Å². The van der Waals surface area contributed by atoms with Gasteiger partial charge in [-0.1, -0.05) is 185 Å². The predicted molar refractivity (Wildman–Crippen MR) is 198 cm³/mol. The Morgan fingerprint density at radius 2 is 0.911 bits per heavy atom. The zero-order valence-electron chi connectivity index (χ0n) is 30.1. The van der Waals surface area contributed by atoms with Gasteiger partial charge in [0.05, 0.1) is 18.8 Å². The number of allylic oxidation sites excluding steroid dienone is 5. The van der Waals surface area contributed by atoms with E-state index in [0.717, 1.165) is 19.3 Å². The molecule has 2 atom stereocenters. The number of aliphatic hydroxyl groups excluding tert-OH is 2. The summed E-state index contributed by atoms with van der Waals surface area (Å²) >= 11 is 0. The van der Waals surface area contributed by atoms with Crippen LogP contribution in [0.25, 0.3) is 0 Å². The minimum atomic E-state index is -0.885. The van der Waals surface area contributed by atoms with Crippen LogP contribution in [0.3, 0.4) is 0 Å². The molecule has 0 aliphatic rings. The second-order valence-electron chi connectivity index (χ2n) is 13.4. The Morgan fingerprint density at radius 3 is 1.33 bits per heavy atom. The molecule has 0 aliphatic carbocycles. The molecular weight excluding hydrogens is 554 g/mol. The molecule has 4 nitrogen and oxygen atoms in total. The molecule has 4 heteroatoms. The molecule has 0 rings (SSSR count). The van der Waals surface area contributed by atoms with Crippen molar-refractivity contribution < 1.29 is 15.0 Å². The number of hydrogen-bond donors (Lipinski definition) is 3. The molecule has 0 saturated heterocycles. The van der Waals surface area contributed by atoms with Crippen LogP contribution in [0, 0.1) is 0 Å². The van der Waals surface area contributed by atoms with Crippen LogP contribution in [-0.4, -0.2) is 34.9 Å². The number of nitrogens with one attached hydrogen (secondary N) is 1. The van der Waals surface area contributed by atoms with E-state index in [1.54, 1.807) is 6.08 Å². The number of rotatable bonds is 35. The molecule has 45 heavy (non-hydrogen) atoms. The molecule has 0 heterocycles. The van der Waals surface area contributed by atoms with Gasteiger partial charge in [0, 0.05) is 6.42 Å². The van der Waals surface area contributed by atoms with Gasteiger partial charge in [-0.05, 0) is 44.9 Å². The number of unbranched alkanes of at least 4 members (excludes halogenated alkanes) is 25. The van der Waals surface area contributed by atoms with Crippen molar-refractivity contribution in [1.82, 2.24) is 5.32 Å². The highest BCUT2D eigenvalue weighted by Crippen LogP contribution is 2.14. The van der Waals surface area contributed by atoms with Gasteiger partial charge in [-0.15, -0.1) is 0 Å². The number of carbonyl (C=O) groups excluding carboxylic acids is 1. The summed E-state index contributed by atoms with van der Waals surface area (Å²) in [6.45, 7) is 4.25. The fourth-order valence-electron chi connectivity index (χ4n) is 5.82. The van der Waals surface area contributed by atoms with Gasteiger partial charge in [-0.25, -0.2) is 0 Å². The summed E-state index contributed by atoms with van der Waals surface area (Å²) in [4.78, 5) is 12.3. The Bertz CT molecular complexity index is 686. The van der Waals surface area contributed by atoms with Crippen LogP contribution in [0.2, 0.25) is 0 Å². The van der Waals surface area contributed by atoms with Gasteiger partial charge >= 0.3 is 0 Å². The summed E-state index contributed by atoms with van der Waals surface area (Å²) in [5.74, 6) is -0.0833. The third-order valence-corrected chi connectivity index (χ3v) is 8.90. The lowest BCUT2D eigenvalue weighted by Gasteiger charge is -2.19. The van der Waals surface area contributed by atoms with Crippen LogP contribution in [-0.2, 0) is 4.79 Å². The van der Waals surface area contributed by atoms with Gasteiger partial charge in [-0.2, -0.15) is 0 Å². The van der Waals surface area contributed by atoms with Crippen molar-refractivity contribution in [3.8, 4) is 0 Å². The van der Waals surface area contributed by atoms with E-state index in [2.05, 4.69) is 37.4 Å². The predicted octanol–water partition coefficient (Wildman–Crippen LogP) is 11.8. The highest BCUT2D eigenvalue weighted by Gasteiger charge is 2.17. The number of amides is 1. The monoisotopic (exact) mass is 632 g/mol. The van der Waals surface area contributed by atoms with E-state index in [-0.39, 0.29) is 12.5 Å². The first-order valence-corrected chi connectivity index (χ1v) is 19.7. The molecule has 0 aromatic rings. The molecule has 3 N–H and O–H groups in total. The van der Waals surface area contributed by atoms with Crippen LogP contribution in [0.4, 0.5) is 0 Å². The summed E-state index contributed by atoms with van der Waals surface area (Å²) < 4.78 is 0. The normalized spacial score (nSPS) is 13.4. The molecule has 0 bridgehead atoms. The topological polar surface area (TPSA) is 69.6 Å². The number of hydrogen-bond acceptors (Lipinski definition) is 3. The molecule has 0 fully saturated rings. The fraction of sp³-hybridized carbons (Fsp3) is 0.829.